The summed E-state index contributed by atoms with van der Waals surface area (Å²) in [4.78, 5) is 0. The maximum atomic E-state index is 8.80. The van der Waals surface area contributed by atoms with Crippen molar-refractivity contribution >= 4 is 0 Å². The van der Waals surface area contributed by atoms with Crippen LogP contribution in [0, 0.1) is 0 Å². The van der Waals surface area contributed by atoms with Gasteiger partial charge in [-0.15, -0.1) is 0 Å². The molecular weight excluding hydrogens is 229 g/mol. The van der Waals surface area contributed by atoms with Gasteiger partial charge in [0.05, 0.1) is 20.1 Å². The van der Waals surface area contributed by atoms with Gasteiger partial charge in [0.15, 0.2) is 6.73 Å². The first-order valence-electron chi connectivity index (χ1n) is 3.21. The number of aliphatic hydroxyl groups excluding tert-OH is 1. The Morgan fingerprint density at radius 2 is 1.78 bits per heavy atom. The Labute approximate surface area is 73.5 Å². The zero-order valence-corrected chi connectivity index (χ0v) is 7.97. The van der Waals surface area contributed by atoms with Crippen LogP contribution >= 0.6 is 0 Å². The highest BCUT2D eigenvalue weighted by atomic mass is 127. The Morgan fingerprint density at radius 1 is 1.33 bits per heavy atom. The van der Waals surface area contributed by atoms with Crippen molar-refractivity contribution in [1.29, 1.82) is 0 Å². The third-order valence-electron chi connectivity index (χ3n) is 1.99. The van der Waals surface area contributed by atoms with Gasteiger partial charge in [-0.05, 0) is 0 Å². The number of halogens is 1. The quantitative estimate of drug-likeness (QED) is 0.389. The lowest BCUT2D eigenvalue weighted by Crippen LogP contribution is -3.00. The molecule has 0 atom stereocenters. The minimum atomic E-state index is 0. The van der Waals surface area contributed by atoms with Crippen LogP contribution in [0.25, 0.3) is 0 Å². The summed E-state index contributed by atoms with van der Waals surface area (Å²) < 4.78 is 0.875. The number of rotatable bonds is 1. The molecule has 0 unspecified atom stereocenters. The van der Waals surface area contributed by atoms with Crippen molar-refractivity contribution in [3.63, 3.8) is 0 Å². The second kappa shape index (κ2) is 3.73. The Balaban J connectivity index is 0.000000640. The van der Waals surface area contributed by atoms with Crippen molar-refractivity contribution in [1.82, 2.24) is 0 Å². The standard InChI is InChI=1S/C6H14NO.HI/c1-7(6-8)4-2-3-5-7;/h8H,2-6H2,1H3;1H/q+1;/p-1. The molecule has 56 valence electrons. The molecule has 1 aliphatic heterocycles. The SMILES string of the molecule is C[N+]1(CO)CCCC1.[I-]. The second-order valence-corrected chi connectivity index (χ2v) is 2.92. The van der Waals surface area contributed by atoms with Crippen LogP contribution in [0.4, 0.5) is 0 Å². The Bertz CT molecular complexity index is 81.1. The Kier molecular flexibility index (Phi) is 4.00. The van der Waals surface area contributed by atoms with E-state index in [1.165, 1.54) is 12.8 Å². The van der Waals surface area contributed by atoms with Crippen LogP contribution < -0.4 is 24.0 Å². The van der Waals surface area contributed by atoms with E-state index in [9.17, 15) is 0 Å². The molecule has 3 heteroatoms. The van der Waals surface area contributed by atoms with Gasteiger partial charge in [-0.2, -0.15) is 0 Å². The first-order valence-corrected chi connectivity index (χ1v) is 3.21. The van der Waals surface area contributed by atoms with Gasteiger partial charge in [0.1, 0.15) is 0 Å². The van der Waals surface area contributed by atoms with Crippen molar-refractivity contribution in [3.8, 4) is 0 Å². The molecule has 1 saturated heterocycles. The average Bonchev–Trinajstić information content (AvgIpc) is 2.17. The fourth-order valence-electron chi connectivity index (χ4n) is 1.24. The van der Waals surface area contributed by atoms with Crippen molar-refractivity contribution in [3.05, 3.63) is 0 Å². The predicted octanol–water partition coefficient (Wildman–Crippen LogP) is -2.82. The monoisotopic (exact) mass is 243 g/mol. The van der Waals surface area contributed by atoms with Crippen LogP contribution in [-0.4, -0.2) is 36.5 Å². The molecule has 0 saturated carbocycles. The van der Waals surface area contributed by atoms with Gasteiger partial charge >= 0.3 is 0 Å². The van der Waals surface area contributed by atoms with Gasteiger partial charge in [0, 0.05) is 12.8 Å². The molecule has 1 N–H and O–H groups in total. The minimum absolute atomic E-state index is 0. The third kappa shape index (κ3) is 2.39. The molecule has 2 nitrogen and oxygen atoms in total. The van der Waals surface area contributed by atoms with Gasteiger partial charge in [0.2, 0.25) is 0 Å². The van der Waals surface area contributed by atoms with Crippen LogP contribution in [0.1, 0.15) is 12.8 Å². The first-order chi connectivity index (χ1) is 3.77. The van der Waals surface area contributed by atoms with E-state index >= 15 is 0 Å². The summed E-state index contributed by atoms with van der Waals surface area (Å²) in [5, 5.41) is 8.80. The van der Waals surface area contributed by atoms with Crippen LogP contribution in [0.15, 0.2) is 0 Å². The molecular formula is C6H14INO. The van der Waals surface area contributed by atoms with E-state index in [0.29, 0.717) is 6.73 Å². The smallest absolute Gasteiger partial charge is 0.180 e. The summed E-state index contributed by atoms with van der Waals surface area (Å²) in [6.45, 7) is 2.65. The number of nitrogens with zero attached hydrogens (tertiary/aromatic N) is 1. The van der Waals surface area contributed by atoms with E-state index in [1.807, 2.05) is 0 Å². The summed E-state index contributed by atoms with van der Waals surface area (Å²) in [5.41, 5.74) is 0. The largest absolute Gasteiger partial charge is 1.00 e. The number of likely N-dealkylation sites (tertiary alicyclic amines) is 1. The molecule has 1 rings (SSSR count). The molecule has 0 aromatic heterocycles. The van der Waals surface area contributed by atoms with E-state index in [0.717, 1.165) is 17.6 Å². The highest BCUT2D eigenvalue weighted by Gasteiger charge is 2.24. The van der Waals surface area contributed by atoms with Gasteiger partial charge in [0.25, 0.3) is 0 Å². The van der Waals surface area contributed by atoms with Crippen LogP contribution in [-0.2, 0) is 0 Å². The number of hydrogen-bond acceptors (Lipinski definition) is 1. The molecule has 9 heavy (non-hydrogen) atoms. The molecule has 0 bridgehead atoms. The molecule has 0 aliphatic carbocycles. The second-order valence-electron chi connectivity index (χ2n) is 2.92. The van der Waals surface area contributed by atoms with Crippen LogP contribution in [0.3, 0.4) is 0 Å². The van der Waals surface area contributed by atoms with Crippen molar-refractivity contribution in [2.45, 2.75) is 12.8 Å². The lowest BCUT2D eigenvalue weighted by Gasteiger charge is -2.25. The topological polar surface area (TPSA) is 20.2 Å². The summed E-state index contributed by atoms with van der Waals surface area (Å²) in [6, 6.07) is 0. The van der Waals surface area contributed by atoms with E-state index in [1.54, 1.807) is 0 Å². The van der Waals surface area contributed by atoms with Gasteiger partial charge in [-0.25, -0.2) is 0 Å². The first kappa shape index (κ1) is 9.65. The average molecular weight is 243 g/mol. The summed E-state index contributed by atoms with van der Waals surface area (Å²) in [5.74, 6) is 0. The highest BCUT2D eigenvalue weighted by molar-refractivity contribution is 4.47. The molecule has 0 radical (unpaired) electrons. The Hall–Kier alpha value is 0.650. The summed E-state index contributed by atoms with van der Waals surface area (Å²) >= 11 is 0. The number of quaternary nitrogens is 1. The molecule has 0 aromatic rings. The third-order valence-corrected chi connectivity index (χ3v) is 1.99. The van der Waals surface area contributed by atoms with E-state index in [-0.39, 0.29) is 24.0 Å². The van der Waals surface area contributed by atoms with E-state index in [2.05, 4.69) is 7.05 Å². The molecule has 1 fully saturated rings. The Morgan fingerprint density at radius 3 is 2.00 bits per heavy atom. The molecule has 0 amide bonds. The zero-order chi connectivity index (χ0) is 6.04. The van der Waals surface area contributed by atoms with Crippen molar-refractivity contribution in [2.24, 2.45) is 0 Å². The van der Waals surface area contributed by atoms with E-state index < -0.39 is 0 Å². The maximum Gasteiger partial charge on any atom is 0.180 e. The lowest BCUT2D eigenvalue weighted by molar-refractivity contribution is -0.915. The molecule has 1 aliphatic rings. The number of aliphatic hydroxyl groups is 1. The number of hydrogen-bond donors (Lipinski definition) is 1. The summed E-state index contributed by atoms with van der Waals surface area (Å²) in [7, 11) is 2.10. The van der Waals surface area contributed by atoms with Crippen LogP contribution in [0.2, 0.25) is 0 Å². The summed E-state index contributed by atoms with van der Waals surface area (Å²) in [6.07, 6.45) is 2.58. The van der Waals surface area contributed by atoms with Gasteiger partial charge in [-0.3, -0.25) is 0 Å². The molecule has 0 aromatic carbocycles. The predicted molar refractivity (Wildman–Crippen MR) is 32.2 cm³/mol. The lowest BCUT2D eigenvalue weighted by atomic mass is 10.4. The van der Waals surface area contributed by atoms with Gasteiger partial charge in [-0.1, -0.05) is 0 Å². The van der Waals surface area contributed by atoms with Gasteiger partial charge < -0.3 is 33.6 Å². The fourth-order valence-corrected chi connectivity index (χ4v) is 1.24. The van der Waals surface area contributed by atoms with Crippen LogP contribution in [0.5, 0.6) is 0 Å². The molecule has 1 heterocycles. The van der Waals surface area contributed by atoms with E-state index in [4.69, 9.17) is 5.11 Å². The molecule has 0 spiro atoms. The van der Waals surface area contributed by atoms with Crippen molar-refractivity contribution in [2.75, 3.05) is 26.9 Å². The highest BCUT2D eigenvalue weighted by Crippen LogP contribution is 2.13. The minimum Gasteiger partial charge on any atom is -1.00 e. The maximum absolute atomic E-state index is 8.80. The zero-order valence-electron chi connectivity index (χ0n) is 5.81. The normalized spacial score (nSPS) is 23.3. The fraction of sp³-hybridized carbons (Fsp3) is 1.00. The van der Waals surface area contributed by atoms with Crippen molar-refractivity contribution < 1.29 is 33.6 Å².